The molecule has 1 rings (SSSR count). The lowest BCUT2D eigenvalue weighted by Crippen LogP contribution is -2.17. The number of halogens is 4. The van der Waals surface area contributed by atoms with Crippen LogP contribution in [-0.4, -0.2) is 11.7 Å². The molecule has 7 heteroatoms. The predicted octanol–water partition coefficient (Wildman–Crippen LogP) is 3.36. The zero-order valence-corrected chi connectivity index (χ0v) is 7.89. The van der Waals surface area contributed by atoms with Crippen molar-refractivity contribution in [3.8, 4) is 5.75 Å². The van der Waals surface area contributed by atoms with Crippen molar-refractivity contribution in [3.05, 3.63) is 24.3 Å². The fraction of sp³-hybridized carbons (Fsp3) is 0.125. The summed E-state index contributed by atoms with van der Waals surface area (Å²) in [6.45, 7) is 0. The van der Waals surface area contributed by atoms with Crippen LogP contribution in [0, 0.1) is 0 Å². The fourth-order valence-electron chi connectivity index (χ4n) is 0.853. The molecule has 1 amide bonds. The quantitative estimate of drug-likeness (QED) is 0.635. The number of ether oxygens (including phenoxy) is 1. The molecule has 1 aromatic carbocycles. The van der Waals surface area contributed by atoms with Gasteiger partial charge in [-0.3, -0.25) is 4.79 Å². The Kier molecular flexibility index (Phi) is 3.41. The van der Waals surface area contributed by atoms with E-state index in [4.69, 9.17) is 11.6 Å². The number of amides is 1. The number of benzene rings is 1. The summed E-state index contributed by atoms with van der Waals surface area (Å²) in [5.41, 5.74) is 0.282. The summed E-state index contributed by atoms with van der Waals surface area (Å²) in [4.78, 5) is 10.4. The second-order valence-electron chi connectivity index (χ2n) is 2.47. The minimum absolute atomic E-state index is 0.282. The number of hydrogen-bond acceptors (Lipinski definition) is 2. The van der Waals surface area contributed by atoms with Crippen LogP contribution in [0.1, 0.15) is 0 Å². The molecular formula is C8H5ClF3NO2. The van der Waals surface area contributed by atoms with Crippen molar-refractivity contribution in [2.24, 2.45) is 0 Å². The van der Waals surface area contributed by atoms with Crippen molar-refractivity contribution in [2.75, 3.05) is 5.32 Å². The number of nitrogens with one attached hydrogen (secondary N) is 1. The molecule has 1 N–H and O–H groups in total. The second kappa shape index (κ2) is 4.39. The van der Waals surface area contributed by atoms with Crippen LogP contribution in [0.4, 0.5) is 23.7 Å². The Bertz CT molecular complexity index is 350. The average Bonchev–Trinajstić information content (AvgIpc) is 2.05. The predicted molar refractivity (Wildman–Crippen MR) is 48.0 cm³/mol. The molecule has 15 heavy (non-hydrogen) atoms. The van der Waals surface area contributed by atoms with E-state index in [1.807, 2.05) is 0 Å². The molecule has 82 valence electrons. The molecular weight excluding hydrogens is 235 g/mol. The van der Waals surface area contributed by atoms with Gasteiger partial charge in [-0.1, -0.05) is 0 Å². The van der Waals surface area contributed by atoms with Gasteiger partial charge >= 0.3 is 11.7 Å². The topological polar surface area (TPSA) is 38.3 Å². The monoisotopic (exact) mass is 239 g/mol. The number of hydrogen-bond donors (Lipinski definition) is 1. The molecule has 0 unspecified atom stereocenters. The maximum atomic E-state index is 11.7. The molecule has 0 fully saturated rings. The Morgan fingerprint density at radius 3 is 2.20 bits per heavy atom. The van der Waals surface area contributed by atoms with Crippen LogP contribution in [0.5, 0.6) is 5.75 Å². The zero-order valence-electron chi connectivity index (χ0n) is 7.14. The van der Waals surface area contributed by atoms with Gasteiger partial charge in [0.05, 0.1) is 0 Å². The summed E-state index contributed by atoms with van der Waals surface area (Å²) in [7, 11) is 0. The van der Waals surface area contributed by atoms with E-state index in [9.17, 15) is 18.0 Å². The molecule has 0 aliphatic heterocycles. The molecule has 1 aromatic rings. The minimum Gasteiger partial charge on any atom is -0.406 e. The van der Waals surface area contributed by atoms with E-state index in [1.54, 1.807) is 0 Å². The van der Waals surface area contributed by atoms with E-state index in [0.717, 1.165) is 12.1 Å². The van der Waals surface area contributed by atoms with Gasteiger partial charge in [0.2, 0.25) is 0 Å². The van der Waals surface area contributed by atoms with Crippen molar-refractivity contribution in [1.82, 2.24) is 0 Å². The third-order valence-corrected chi connectivity index (χ3v) is 1.43. The molecule has 0 heterocycles. The number of alkyl halides is 3. The van der Waals surface area contributed by atoms with Gasteiger partial charge in [0.1, 0.15) is 5.75 Å². The van der Waals surface area contributed by atoms with Crippen molar-refractivity contribution < 1.29 is 22.7 Å². The van der Waals surface area contributed by atoms with Gasteiger partial charge in [-0.2, -0.15) is 0 Å². The lowest BCUT2D eigenvalue weighted by Gasteiger charge is -2.08. The summed E-state index contributed by atoms with van der Waals surface area (Å²) in [6, 6.07) is 4.61. The first-order valence-corrected chi connectivity index (χ1v) is 4.07. The van der Waals surface area contributed by atoms with Crippen molar-refractivity contribution in [3.63, 3.8) is 0 Å². The molecule has 0 spiro atoms. The smallest absolute Gasteiger partial charge is 0.406 e. The Morgan fingerprint density at radius 2 is 1.80 bits per heavy atom. The SMILES string of the molecule is O=C(Cl)Nc1ccc(OC(F)(F)F)cc1. The van der Waals surface area contributed by atoms with E-state index in [-0.39, 0.29) is 11.4 Å². The van der Waals surface area contributed by atoms with Gasteiger partial charge in [0.25, 0.3) is 0 Å². The maximum absolute atomic E-state index is 11.7. The van der Waals surface area contributed by atoms with E-state index in [2.05, 4.69) is 10.1 Å². The highest BCUT2D eigenvalue weighted by Crippen LogP contribution is 2.23. The third kappa shape index (κ3) is 4.55. The van der Waals surface area contributed by atoms with Gasteiger partial charge in [-0.25, -0.2) is 0 Å². The van der Waals surface area contributed by atoms with Crippen molar-refractivity contribution >= 4 is 22.7 Å². The van der Waals surface area contributed by atoms with Gasteiger partial charge < -0.3 is 10.1 Å². The summed E-state index contributed by atoms with van der Waals surface area (Å²) in [5, 5.41) is 1.36. The first-order chi connectivity index (χ1) is 6.87. The Morgan fingerprint density at radius 1 is 1.27 bits per heavy atom. The van der Waals surface area contributed by atoms with E-state index in [1.165, 1.54) is 12.1 Å². The molecule has 0 saturated heterocycles. The summed E-state index contributed by atoms with van der Waals surface area (Å²) in [6.07, 6.45) is -4.72. The normalized spacial score (nSPS) is 10.9. The number of carbonyl (C=O) groups excluding carboxylic acids is 1. The highest BCUT2D eigenvalue weighted by molar-refractivity contribution is 6.65. The van der Waals surface area contributed by atoms with Crippen LogP contribution in [0.15, 0.2) is 24.3 Å². The van der Waals surface area contributed by atoms with Crippen LogP contribution < -0.4 is 10.1 Å². The average molecular weight is 240 g/mol. The highest BCUT2D eigenvalue weighted by atomic mass is 35.5. The lowest BCUT2D eigenvalue weighted by molar-refractivity contribution is -0.274. The van der Waals surface area contributed by atoms with Crippen LogP contribution in [0.3, 0.4) is 0 Å². The van der Waals surface area contributed by atoms with Gasteiger partial charge in [0, 0.05) is 5.69 Å². The Labute approximate surface area is 87.8 Å². The molecule has 0 atom stereocenters. The maximum Gasteiger partial charge on any atom is 0.573 e. The van der Waals surface area contributed by atoms with E-state index >= 15 is 0 Å². The molecule has 0 saturated carbocycles. The molecule has 0 aromatic heterocycles. The standard InChI is InChI=1S/C8H5ClF3NO2/c9-7(14)13-5-1-3-6(4-2-5)15-8(10,11)12/h1-4H,(H,13,14). The lowest BCUT2D eigenvalue weighted by atomic mass is 10.3. The molecule has 3 nitrogen and oxygen atoms in total. The molecule has 0 aliphatic rings. The summed E-state index contributed by atoms with van der Waals surface area (Å²) in [5.74, 6) is -0.366. The van der Waals surface area contributed by atoms with Crippen LogP contribution in [-0.2, 0) is 0 Å². The van der Waals surface area contributed by atoms with Gasteiger partial charge in [-0.15, -0.1) is 13.2 Å². The largest absolute Gasteiger partial charge is 0.573 e. The van der Waals surface area contributed by atoms with Gasteiger partial charge in [0.15, 0.2) is 0 Å². The number of rotatable bonds is 2. The highest BCUT2D eigenvalue weighted by Gasteiger charge is 2.30. The second-order valence-corrected chi connectivity index (χ2v) is 2.81. The minimum atomic E-state index is -4.72. The Hall–Kier alpha value is -1.43. The van der Waals surface area contributed by atoms with Crippen LogP contribution in [0.2, 0.25) is 0 Å². The van der Waals surface area contributed by atoms with E-state index in [0.29, 0.717) is 0 Å². The van der Waals surface area contributed by atoms with E-state index < -0.39 is 11.7 Å². The molecule has 0 radical (unpaired) electrons. The van der Waals surface area contributed by atoms with Gasteiger partial charge in [-0.05, 0) is 35.9 Å². The molecule has 0 bridgehead atoms. The molecule has 0 aliphatic carbocycles. The first-order valence-electron chi connectivity index (χ1n) is 3.69. The number of carbonyl (C=O) groups is 1. The number of anilines is 1. The van der Waals surface area contributed by atoms with Crippen LogP contribution in [0.25, 0.3) is 0 Å². The van der Waals surface area contributed by atoms with Crippen LogP contribution >= 0.6 is 11.6 Å². The Balaban J connectivity index is 2.68. The zero-order chi connectivity index (χ0) is 11.5. The fourth-order valence-corrected chi connectivity index (χ4v) is 0.963. The summed E-state index contributed by atoms with van der Waals surface area (Å²) < 4.78 is 38.8. The summed E-state index contributed by atoms with van der Waals surface area (Å²) >= 11 is 5.00. The van der Waals surface area contributed by atoms with Crippen molar-refractivity contribution in [1.29, 1.82) is 0 Å². The third-order valence-electron chi connectivity index (χ3n) is 1.33. The first kappa shape index (κ1) is 11.6. The van der Waals surface area contributed by atoms with Crippen molar-refractivity contribution in [2.45, 2.75) is 6.36 Å².